The zero-order valence-corrected chi connectivity index (χ0v) is 18.7. The summed E-state index contributed by atoms with van der Waals surface area (Å²) >= 11 is 3.71. The second-order valence-corrected chi connectivity index (χ2v) is 7.01. The molecular weight excluding hydrogens is 350 g/mol. The Morgan fingerprint density at radius 2 is 0.500 bits per heavy atom. The molecule has 0 heterocycles. The van der Waals surface area contributed by atoms with Crippen molar-refractivity contribution >= 4 is 24.3 Å². The molecule has 24 heavy (non-hydrogen) atoms. The maximum absolute atomic E-state index is 2.35. The van der Waals surface area contributed by atoms with Crippen LogP contribution in [0.25, 0.3) is 0 Å². The molecule has 0 aliphatic carbocycles. The van der Waals surface area contributed by atoms with Gasteiger partial charge in [0.15, 0.2) is 0 Å². The highest BCUT2D eigenvalue weighted by Gasteiger charge is 2.05. The van der Waals surface area contributed by atoms with Crippen molar-refractivity contribution in [1.29, 1.82) is 0 Å². The summed E-state index contributed by atoms with van der Waals surface area (Å²) in [6.45, 7) is 26.5. The van der Waals surface area contributed by atoms with Crippen molar-refractivity contribution in [2.24, 2.45) is 0 Å². The second-order valence-electron chi connectivity index (χ2n) is 4.62. The molecule has 0 aromatic rings. The quantitative estimate of drug-likeness (QED) is 0.441. The highest BCUT2D eigenvalue weighted by Crippen LogP contribution is 2.14. The van der Waals surface area contributed by atoms with Gasteiger partial charge < -0.3 is 0 Å². The van der Waals surface area contributed by atoms with Crippen LogP contribution in [0, 0.1) is 0 Å². The largest absolute Gasteiger partial charge is 0.269 e. The van der Waals surface area contributed by atoms with E-state index in [9.17, 15) is 0 Å². The Labute approximate surface area is 159 Å². The lowest BCUT2D eigenvalue weighted by Crippen LogP contribution is -2.24. The van der Waals surface area contributed by atoms with E-state index in [1.54, 1.807) is 0 Å². The highest BCUT2D eigenvalue weighted by molar-refractivity contribution is 7.94. The summed E-state index contributed by atoms with van der Waals surface area (Å²) in [4.78, 5) is 0. The second kappa shape index (κ2) is 23.4. The van der Waals surface area contributed by atoms with Crippen molar-refractivity contribution in [2.75, 3.05) is 52.4 Å². The fraction of sp³-hybridized carbons (Fsp3) is 1.00. The molecule has 4 nitrogen and oxygen atoms in total. The first-order chi connectivity index (χ1) is 10.6. The van der Waals surface area contributed by atoms with Crippen LogP contribution in [-0.2, 0) is 0 Å². The number of hydrogen-bond donors (Lipinski definition) is 0. The molecule has 152 valence electrons. The van der Waals surface area contributed by atoms with Gasteiger partial charge in [0.1, 0.15) is 0 Å². The average molecular weight is 393 g/mol. The normalized spacial score (nSPS) is 10.5. The first-order valence-electron chi connectivity index (χ1n) is 8.92. The summed E-state index contributed by atoms with van der Waals surface area (Å²) in [7, 11) is 0. The Morgan fingerprint density at radius 1 is 0.375 bits per heavy atom. The van der Waals surface area contributed by atoms with Crippen molar-refractivity contribution in [2.45, 2.75) is 55.4 Å². The lowest BCUT2D eigenvalue weighted by atomic mass is 10.7. The standard InChI is InChI=1S/2C8H20N2S.2FH/c2*1-5-9(6-2)11-10(7-3)8-4;;/h2*5-8H2,1-4H3;2*1H. The molecule has 0 atom stereocenters. The Kier molecular flexibility index (Phi) is 31.3. The van der Waals surface area contributed by atoms with Gasteiger partial charge in [-0.3, -0.25) is 9.41 Å². The SMILES string of the molecule is CCN(CC)SN(CC)CC.CCN(CC)SN(CC)CC.F.F. The van der Waals surface area contributed by atoms with Crippen molar-refractivity contribution < 1.29 is 9.41 Å². The molecule has 0 rings (SSSR count). The third-order valence-corrected chi connectivity index (χ3v) is 6.27. The third kappa shape index (κ3) is 17.2. The molecular formula is C16H42F2N4S2. The Bertz CT molecular complexity index is 172. The zero-order valence-electron chi connectivity index (χ0n) is 17.1. The van der Waals surface area contributed by atoms with Crippen LogP contribution in [0.2, 0.25) is 0 Å². The van der Waals surface area contributed by atoms with Gasteiger partial charge in [0, 0.05) is 76.6 Å². The van der Waals surface area contributed by atoms with E-state index in [1.807, 2.05) is 24.3 Å². The molecule has 0 saturated heterocycles. The third-order valence-electron chi connectivity index (χ3n) is 3.28. The number of halogens is 2. The van der Waals surface area contributed by atoms with E-state index in [0.29, 0.717) is 0 Å². The van der Waals surface area contributed by atoms with E-state index in [-0.39, 0.29) is 9.41 Å². The molecule has 0 aliphatic heterocycles. The van der Waals surface area contributed by atoms with E-state index in [1.165, 1.54) is 0 Å². The summed E-state index contributed by atoms with van der Waals surface area (Å²) < 4.78 is 9.42. The summed E-state index contributed by atoms with van der Waals surface area (Å²) in [5, 5.41) is 0. The van der Waals surface area contributed by atoms with Gasteiger partial charge in [-0.2, -0.15) is 0 Å². The maximum Gasteiger partial charge on any atom is 0.00897 e. The van der Waals surface area contributed by atoms with Gasteiger partial charge in [-0.05, 0) is 0 Å². The molecule has 0 fully saturated rings. The summed E-state index contributed by atoms with van der Waals surface area (Å²) in [6.07, 6.45) is 0. The van der Waals surface area contributed by atoms with E-state index in [4.69, 9.17) is 0 Å². The van der Waals surface area contributed by atoms with Gasteiger partial charge in [0.05, 0.1) is 0 Å². The summed E-state index contributed by atoms with van der Waals surface area (Å²) in [5.74, 6) is 0. The first-order valence-corrected chi connectivity index (χ1v) is 10.4. The topological polar surface area (TPSA) is 13.0 Å². The molecule has 0 aromatic carbocycles. The molecule has 0 bridgehead atoms. The summed E-state index contributed by atoms with van der Waals surface area (Å²) in [5.41, 5.74) is 0. The van der Waals surface area contributed by atoms with Crippen molar-refractivity contribution in [1.82, 2.24) is 17.2 Å². The molecule has 0 spiro atoms. The first kappa shape index (κ1) is 32.1. The van der Waals surface area contributed by atoms with E-state index in [0.717, 1.165) is 52.4 Å². The van der Waals surface area contributed by atoms with Crippen LogP contribution >= 0.6 is 24.3 Å². The van der Waals surface area contributed by atoms with E-state index < -0.39 is 0 Å². The highest BCUT2D eigenvalue weighted by atomic mass is 32.2. The fourth-order valence-electron chi connectivity index (χ4n) is 1.68. The molecule has 8 heteroatoms. The zero-order chi connectivity index (χ0) is 17.4. The molecule has 0 unspecified atom stereocenters. The molecule has 0 aliphatic rings. The Morgan fingerprint density at radius 3 is 0.583 bits per heavy atom. The lowest BCUT2D eigenvalue weighted by Gasteiger charge is -2.24. The van der Waals surface area contributed by atoms with Gasteiger partial charge in [-0.25, -0.2) is 17.2 Å². The van der Waals surface area contributed by atoms with Crippen molar-refractivity contribution in [3.63, 3.8) is 0 Å². The molecule has 0 aromatic heterocycles. The minimum atomic E-state index is 0. The number of hydrogen-bond acceptors (Lipinski definition) is 6. The molecule has 0 N–H and O–H groups in total. The number of nitrogens with zero attached hydrogens (tertiary/aromatic N) is 4. The van der Waals surface area contributed by atoms with Crippen LogP contribution in [0.3, 0.4) is 0 Å². The van der Waals surface area contributed by atoms with Crippen LogP contribution in [0.15, 0.2) is 0 Å². The van der Waals surface area contributed by atoms with Crippen LogP contribution < -0.4 is 0 Å². The number of rotatable bonds is 12. The van der Waals surface area contributed by atoms with Gasteiger partial charge in [0.2, 0.25) is 0 Å². The smallest absolute Gasteiger partial charge is 0.00897 e. The molecule has 0 radical (unpaired) electrons. The lowest BCUT2D eigenvalue weighted by molar-refractivity contribution is 0.455. The fourth-order valence-corrected chi connectivity index (χ4v) is 3.26. The minimum Gasteiger partial charge on any atom is -0.269 e. The van der Waals surface area contributed by atoms with Crippen molar-refractivity contribution in [3.05, 3.63) is 0 Å². The van der Waals surface area contributed by atoms with Crippen molar-refractivity contribution in [3.8, 4) is 0 Å². The Hall–Kier alpha value is 0.400. The van der Waals surface area contributed by atoms with E-state index >= 15 is 0 Å². The average Bonchev–Trinajstić information content (AvgIpc) is 2.58. The monoisotopic (exact) mass is 392 g/mol. The Balaban J connectivity index is -0.000000154. The predicted molar refractivity (Wildman–Crippen MR) is 112 cm³/mol. The summed E-state index contributed by atoms with van der Waals surface area (Å²) in [6, 6.07) is 0. The predicted octanol–water partition coefficient (Wildman–Crippen LogP) is 4.77. The minimum absolute atomic E-state index is 0. The van der Waals surface area contributed by atoms with Gasteiger partial charge in [-0.15, -0.1) is 0 Å². The van der Waals surface area contributed by atoms with Gasteiger partial charge in [0.25, 0.3) is 0 Å². The van der Waals surface area contributed by atoms with E-state index in [2.05, 4.69) is 72.6 Å². The van der Waals surface area contributed by atoms with Crippen LogP contribution in [0.1, 0.15) is 55.4 Å². The maximum atomic E-state index is 2.35. The van der Waals surface area contributed by atoms with Gasteiger partial charge in [-0.1, -0.05) is 55.4 Å². The molecule has 0 amide bonds. The van der Waals surface area contributed by atoms with Crippen LogP contribution in [-0.4, -0.2) is 69.6 Å². The van der Waals surface area contributed by atoms with Crippen LogP contribution in [0.5, 0.6) is 0 Å². The molecule has 0 saturated carbocycles. The van der Waals surface area contributed by atoms with Crippen LogP contribution in [0.4, 0.5) is 9.41 Å². The van der Waals surface area contributed by atoms with Gasteiger partial charge >= 0.3 is 0 Å².